The summed E-state index contributed by atoms with van der Waals surface area (Å²) in [5.74, 6) is 1.03. The number of rotatable bonds is 11. The summed E-state index contributed by atoms with van der Waals surface area (Å²) in [5.41, 5.74) is -0.167. The third kappa shape index (κ3) is 44.8. The molecule has 0 aromatic rings. The van der Waals surface area contributed by atoms with Gasteiger partial charge in [-0.05, 0) is 68.6 Å². The molecule has 0 spiro atoms. The van der Waals surface area contributed by atoms with Gasteiger partial charge >= 0.3 is 0 Å². The van der Waals surface area contributed by atoms with E-state index in [4.69, 9.17) is 51.1 Å². The minimum atomic E-state index is -0.509. The van der Waals surface area contributed by atoms with Gasteiger partial charge in [0.05, 0.1) is 25.9 Å². The van der Waals surface area contributed by atoms with Gasteiger partial charge in [-0.3, -0.25) is 0 Å². The Bertz CT molecular complexity index is 367. The molecule has 1 atom stereocenters. The second kappa shape index (κ2) is 35.6. The standard InChI is InChI=1S/C8H16O2.C6H14O.C5H12O2.C4H10O2.C3H8O2.C3H8O/c9-5-7-1-2-8(6-10)4-3-7;1-4-6(2,3)5-7;1-5(2,3-6)4-7;1-2-4(6)3-5;4-2-1-3-5;1-2-3-4/h7-10H,1-6H2;7H,4-5H2,1-3H3;6-7H,3-4H2,1-2H3;4-6H,2-3H2,1H3;4-5H,1-3H2;4H,2-3H2,1H3. The second-order valence-electron chi connectivity index (χ2n) is 11.2. The molecule has 1 saturated carbocycles. The van der Waals surface area contributed by atoms with E-state index in [9.17, 15) is 0 Å². The van der Waals surface area contributed by atoms with Crippen LogP contribution in [0.2, 0.25) is 0 Å². The van der Waals surface area contributed by atoms with Crippen molar-refractivity contribution in [2.45, 2.75) is 106 Å². The van der Waals surface area contributed by atoms with Crippen molar-refractivity contribution in [2.75, 3.05) is 59.5 Å². The molecule has 39 heavy (non-hydrogen) atoms. The van der Waals surface area contributed by atoms with Crippen molar-refractivity contribution in [1.82, 2.24) is 0 Å². The summed E-state index contributed by atoms with van der Waals surface area (Å²) >= 11 is 0. The van der Waals surface area contributed by atoms with Gasteiger partial charge in [0.25, 0.3) is 0 Å². The third-order valence-corrected chi connectivity index (χ3v) is 5.95. The van der Waals surface area contributed by atoms with Gasteiger partial charge in [0.15, 0.2) is 0 Å². The fourth-order valence-electron chi connectivity index (χ4n) is 1.96. The van der Waals surface area contributed by atoms with Crippen molar-refractivity contribution < 1.29 is 51.1 Å². The lowest BCUT2D eigenvalue weighted by molar-refractivity contribution is 0.0857. The lowest BCUT2D eigenvalue weighted by Gasteiger charge is -2.25. The quantitative estimate of drug-likeness (QED) is 0.172. The smallest absolute Gasteiger partial charge is 0.0768 e. The molecule has 1 aliphatic rings. The first-order valence-corrected chi connectivity index (χ1v) is 14.4. The molecule has 10 nitrogen and oxygen atoms in total. The molecular weight excluding hydrogens is 508 g/mol. The number of hydrogen-bond acceptors (Lipinski definition) is 10. The predicted molar refractivity (Wildman–Crippen MR) is 158 cm³/mol. The van der Waals surface area contributed by atoms with Crippen LogP contribution in [0.4, 0.5) is 0 Å². The van der Waals surface area contributed by atoms with Gasteiger partial charge in [-0.2, -0.15) is 0 Å². The van der Waals surface area contributed by atoms with Crippen molar-refractivity contribution in [3.05, 3.63) is 0 Å². The highest BCUT2D eigenvalue weighted by Crippen LogP contribution is 2.27. The highest BCUT2D eigenvalue weighted by molar-refractivity contribution is 4.71. The summed E-state index contributed by atoms with van der Waals surface area (Å²) in [4.78, 5) is 0. The molecule has 10 N–H and O–H groups in total. The van der Waals surface area contributed by atoms with Crippen LogP contribution in [0.15, 0.2) is 0 Å². The van der Waals surface area contributed by atoms with E-state index in [-0.39, 0.29) is 43.9 Å². The molecule has 0 aromatic heterocycles. The zero-order chi connectivity index (χ0) is 31.8. The normalized spacial score (nSPS) is 17.2. The van der Waals surface area contributed by atoms with Crippen molar-refractivity contribution in [1.29, 1.82) is 0 Å². The number of aliphatic hydroxyl groups is 10. The van der Waals surface area contributed by atoms with Crippen LogP contribution in [0.25, 0.3) is 0 Å². The minimum Gasteiger partial charge on any atom is -0.396 e. The largest absolute Gasteiger partial charge is 0.396 e. The Balaban J connectivity index is -0.000000122. The zero-order valence-electron chi connectivity index (χ0n) is 26.2. The van der Waals surface area contributed by atoms with E-state index in [1.165, 1.54) is 0 Å². The summed E-state index contributed by atoms with van der Waals surface area (Å²) in [5, 5.41) is 83.2. The first-order chi connectivity index (χ1) is 18.2. The van der Waals surface area contributed by atoms with E-state index in [0.717, 1.165) is 38.5 Å². The number of aliphatic hydroxyl groups excluding tert-OH is 10. The molecule has 0 saturated heterocycles. The van der Waals surface area contributed by atoms with Gasteiger partial charge in [0.2, 0.25) is 0 Å². The Labute approximate surface area is 239 Å². The lowest BCUT2D eigenvalue weighted by Crippen LogP contribution is -2.20. The van der Waals surface area contributed by atoms with Crippen LogP contribution < -0.4 is 0 Å². The molecule has 0 bridgehead atoms. The van der Waals surface area contributed by atoms with Crippen LogP contribution in [-0.4, -0.2) is 117 Å². The predicted octanol–water partition coefficient (Wildman–Crippen LogP) is 1.69. The first-order valence-electron chi connectivity index (χ1n) is 14.4. The molecular formula is C29H68O10. The molecule has 244 valence electrons. The van der Waals surface area contributed by atoms with Gasteiger partial charge in [-0.25, -0.2) is 0 Å². The maximum Gasteiger partial charge on any atom is 0.0768 e. The SMILES string of the molecule is CC(C)(CO)CO.CCC(C)(C)CO.CCC(O)CO.CCCO.OCC1CCC(CO)CC1.OCCCO. The van der Waals surface area contributed by atoms with Crippen molar-refractivity contribution in [2.24, 2.45) is 22.7 Å². The molecule has 0 aliphatic heterocycles. The zero-order valence-corrected chi connectivity index (χ0v) is 26.2. The summed E-state index contributed by atoms with van der Waals surface area (Å²) in [7, 11) is 0. The Morgan fingerprint density at radius 2 is 0.923 bits per heavy atom. The number of hydrogen-bond donors (Lipinski definition) is 10. The van der Waals surface area contributed by atoms with E-state index < -0.39 is 6.10 Å². The van der Waals surface area contributed by atoms with E-state index in [2.05, 4.69) is 6.92 Å². The molecule has 0 amide bonds. The molecule has 0 radical (unpaired) electrons. The van der Waals surface area contributed by atoms with E-state index in [1.807, 2.05) is 27.7 Å². The summed E-state index contributed by atoms with van der Waals surface area (Å²) in [6.07, 6.45) is 6.94. The maximum atomic E-state index is 8.79. The van der Waals surface area contributed by atoms with E-state index in [1.54, 1.807) is 13.8 Å². The Morgan fingerprint density at radius 1 is 0.590 bits per heavy atom. The summed E-state index contributed by atoms with van der Waals surface area (Å²) < 4.78 is 0. The molecule has 1 unspecified atom stereocenters. The van der Waals surface area contributed by atoms with Gasteiger partial charge in [0, 0.05) is 45.1 Å². The van der Waals surface area contributed by atoms with Gasteiger partial charge in [-0.1, -0.05) is 48.5 Å². The van der Waals surface area contributed by atoms with Gasteiger partial charge in [0.1, 0.15) is 0 Å². The monoisotopic (exact) mass is 576 g/mol. The molecule has 1 fully saturated rings. The van der Waals surface area contributed by atoms with Crippen LogP contribution in [0.5, 0.6) is 0 Å². The van der Waals surface area contributed by atoms with Gasteiger partial charge < -0.3 is 51.1 Å². The average molecular weight is 577 g/mol. The highest BCUT2D eigenvalue weighted by atomic mass is 16.3. The van der Waals surface area contributed by atoms with Crippen molar-refractivity contribution >= 4 is 0 Å². The Morgan fingerprint density at radius 3 is 0.974 bits per heavy atom. The third-order valence-electron chi connectivity index (χ3n) is 5.95. The molecule has 0 heterocycles. The second-order valence-corrected chi connectivity index (χ2v) is 11.2. The maximum absolute atomic E-state index is 8.79. The van der Waals surface area contributed by atoms with Crippen molar-refractivity contribution in [3.8, 4) is 0 Å². The first kappa shape index (κ1) is 48.3. The molecule has 1 rings (SSSR count). The van der Waals surface area contributed by atoms with Gasteiger partial charge in [-0.15, -0.1) is 0 Å². The van der Waals surface area contributed by atoms with Crippen LogP contribution in [0, 0.1) is 22.7 Å². The van der Waals surface area contributed by atoms with Crippen LogP contribution in [0.3, 0.4) is 0 Å². The average Bonchev–Trinajstić information content (AvgIpc) is 2.98. The van der Waals surface area contributed by atoms with Crippen molar-refractivity contribution in [3.63, 3.8) is 0 Å². The fourth-order valence-corrected chi connectivity index (χ4v) is 1.96. The molecule has 1 aliphatic carbocycles. The fraction of sp³-hybridized carbons (Fsp3) is 1.00. The summed E-state index contributed by atoms with van der Waals surface area (Å²) in [6, 6.07) is 0. The highest BCUT2D eigenvalue weighted by Gasteiger charge is 2.19. The molecule has 10 heteroatoms. The van der Waals surface area contributed by atoms with Crippen LogP contribution >= 0.6 is 0 Å². The lowest BCUT2D eigenvalue weighted by atomic mass is 9.83. The van der Waals surface area contributed by atoms with Crippen LogP contribution in [-0.2, 0) is 0 Å². The van der Waals surface area contributed by atoms with E-state index >= 15 is 0 Å². The Hall–Kier alpha value is -0.400. The topological polar surface area (TPSA) is 202 Å². The minimum absolute atomic E-state index is 0.0451. The van der Waals surface area contributed by atoms with E-state index in [0.29, 0.717) is 51.1 Å². The molecule has 0 aromatic carbocycles. The Kier molecular flexibility index (Phi) is 44.2. The summed E-state index contributed by atoms with van der Waals surface area (Å²) in [6.45, 7) is 15.0. The van der Waals surface area contributed by atoms with Crippen LogP contribution in [0.1, 0.15) is 99.8 Å².